The van der Waals surface area contributed by atoms with E-state index in [-0.39, 0.29) is 11.9 Å². The van der Waals surface area contributed by atoms with Crippen molar-refractivity contribution in [2.24, 2.45) is 0 Å². The Hall–Kier alpha value is -3.64. The van der Waals surface area contributed by atoms with Gasteiger partial charge in [0.1, 0.15) is 5.75 Å². The molecule has 0 aliphatic rings. The number of carbonyl (C=O) groups excluding carboxylic acids is 1. The predicted octanol–water partition coefficient (Wildman–Crippen LogP) is 5.22. The van der Waals surface area contributed by atoms with Crippen molar-refractivity contribution in [1.29, 1.82) is 0 Å². The van der Waals surface area contributed by atoms with E-state index in [1.807, 2.05) is 43.3 Å². The third kappa shape index (κ3) is 4.12. The summed E-state index contributed by atoms with van der Waals surface area (Å²) < 4.78 is 5.74. The van der Waals surface area contributed by atoms with Crippen LogP contribution in [0.4, 0.5) is 11.6 Å². The number of nitrogens with zero attached hydrogens (tertiary/aromatic N) is 2. The van der Waals surface area contributed by atoms with Crippen LogP contribution in [0.2, 0.25) is 5.02 Å². The fraction of sp³-hybridized carbons (Fsp3) is 0.0455. The topological polar surface area (TPSA) is 90.1 Å². The summed E-state index contributed by atoms with van der Waals surface area (Å²) >= 11 is 6.15. The van der Waals surface area contributed by atoms with E-state index in [1.165, 1.54) is 6.20 Å². The zero-order valence-corrected chi connectivity index (χ0v) is 16.3. The van der Waals surface area contributed by atoms with Crippen molar-refractivity contribution in [2.45, 2.75) is 6.92 Å². The van der Waals surface area contributed by atoms with E-state index < -0.39 is 0 Å². The molecule has 0 aliphatic carbocycles. The fourth-order valence-electron chi connectivity index (χ4n) is 2.93. The van der Waals surface area contributed by atoms with Crippen molar-refractivity contribution in [3.63, 3.8) is 0 Å². The molecule has 0 spiro atoms. The lowest BCUT2D eigenvalue weighted by Crippen LogP contribution is -2.12. The Morgan fingerprint density at radius 1 is 1.10 bits per heavy atom. The van der Waals surface area contributed by atoms with Gasteiger partial charge in [0.25, 0.3) is 5.91 Å². The molecule has 0 saturated carbocycles. The van der Waals surface area contributed by atoms with Crippen molar-refractivity contribution in [1.82, 2.24) is 9.97 Å². The number of aromatic nitrogens is 2. The summed E-state index contributed by atoms with van der Waals surface area (Å²) in [7, 11) is 0. The molecule has 4 aromatic rings. The Balaban J connectivity index is 1.61. The molecule has 0 saturated heterocycles. The predicted molar refractivity (Wildman–Crippen MR) is 115 cm³/mol. The van der Waals surface area contributed by atoms with Crippen LogP contribution in [0, 0.1) is 6.92 Å². The smallest absolute Gasteiger partial charge is 0.256 e. The lowest BCUT2D eigenvalue weighted by Gasteiger charge is -2.11. The van der Waals surface area contributed by atoms with Gasteiger partial charge in [-0.3, -0.25) is 4.79 Å². The van der Waals surface area contributed by atoms with Crippen molar-refractivity contribution in [2.75, 3.05) is 11.1 Å². The second-order valence-corrected chi connectivity index (χ2v) is 6.87. The molecule has 3 aromatic carbocycles. The van der Waals surface area contributed by atoms with Crippen LogP contribution in [0.5, 0.6) is 11.6 Å². The highest BCUT2D eigenvalue weighted by Gasteiger charge is 2.12. The van der Waals surface area contributed by atoms with Gasteiger partial charge in [0, 0.05) is 28.5 Å². The van der Waals surface area contributed by atoms with Crippen LogP contribution >= 0.6 is 11.6 Å². The van der Waals surface area contributed by atoms with E-state index in [2.05, 4.69) is 15.3 Å². The second kappa shape index (κ2) is 7.77. The van der Waals surface area contributed by atoms with E-state index in [4.69, 9.17) is 22.1 Å². The monoisotopic (exact) mass is 404 g/mol. The van der Waals surface area contributed by atoms with Gasteiger partial charge in [-0.2, -0.15) is 4.98 Å². The Kier molecular flexibility index (Phi) is 5.01. The van der Waals surface area contributed by atoms with E-state index in [9.17, 15) is 4.79 Å². The van der Waals surface area contributed by atoms with Gasteiger partial charge in [-0.1, -0.05) is 29.8 Å². The van der Waals surface area contributed by atoms with Crippen molar-refractivity contribution in [3.05, 3.63) is 83.0 Å². The molecular weight excluding hydrogens is 388 g/mol. The Morgan fingerprint density at radius 3 is 2.76 bits per heavy atom. The fourth-order valence-corrected chi connectivity index (χ4v) is 3.11. The molecule has 3 N–H and O–H groups in total. The molecule has 0 radical (unpaired) electrons. The summed E-state index contributed by atoms with van der Waals surface area (Å²) in [4.78, 5) is 20.7. The number of anilines is 2. The number of ether oxygens (including phenoxy) is 1. The number of carbonyl (C=O) groups is 1. The van der Waals surface area contributed by atoms with Crippen LogP contribution < -0.4 is 15.8 Å². The van der Waals surface area contributed by atoms with Crippen molar-refractivity contribution in [3.8, 4) is 11.6 Å². The largest absolute Gasteiger partial charge is 0.439 e. The maximum Gasteiger partial charge on any atom is 0.256 e. The highest BCUT2D eigenvalue weighted by atomic mass is 35.5. The Bertz CT molecular complexity index is 1230. The van der Waals surface area contributed by atoms with Gasteiger partial charge in [-0.05, 0) is 59.7 Å². The first-order valence-corrected chi connectivity index (χ1v) is 9.24. The molecule has 0 atom stereocenters. The number of rotatable bonds is 4. The minimum atomic E-state index is -0.215. The molecule has 1 aromatic heterocycles. The first-order valence-electron chi connectivity index (χ1n) is 8.86. The molecule has 0 bridgehead atoms. The number of fused-ring (bicyclic) bond motifs is 1. The molecular formula is C22H17ClN4O2. The molecule has 6 nitrogen and oxygen atoms in total. The Morgan fingerprint density at radius 2 is 1.97 bits per heavy atom. The van der Waals surface area contributed by atoms with E-state index >= 15 is 0 Å². The summed E-state index contributed by atoms with van der Waals surface area (Å²) in [5, 5.41) is 5.16. The third-order valence-corrected chi connectivity index (χ3v) is 4.80. The molecule has 1 heterocycles. The number of nitrogens with one attached hydrogen (secondary N) is 1. The van der Waals surface area contributed by atoms with Gasteiger partial charge in [-0.25, -0.2) is 4.98 Å². The van der Waals surface area contributed by atoms with Gasteiger partial charge < -0.3 is 15.8 Å². The number of nitrogen functional groups attached to an aromatic ring is 1. The number of amides is 1. The first-order chi connectivity index (χ1) is 14.0. The SMILES string of the molecule is Cc1ccc(NC(=O)c2cccc3cc(Oc4ccnc(N)n4)ccc23)cc1Cl. The minimum Gasteiger partial charge on any atom is -0.439 e. The third-order valence-electron chi connectivity index (χ3n) is 4.40. The number of aryl methyl sites for hydroxylation is 1. The summed E-state index contributed by atoms with van der Waals surface area (Å²) in [5.74, 6) is 0.853. The molecule has 1 amide bonds. The average molecular weight is 405 g/mol. The average Bonchev–Trinajstić information content (AvgIpc) is 2.70. The van der Waals surface area contributed by atoms with Crippen molar-refractivity contribution < 1.29 is 9.53 Å². The van der Waals surface area contributed by atoms with Crippen LogP contribution in [0.15, 0.2) is 66.9 Å². The lowest BCUT2D eigenvalue weighted by molar-refractivity contribution is 0.102. The van der Waals surface area contributed by atoms with Crippen molar-refractivity contribution >= 4 is 39.9 Å². The van der Waals surface area contributed by atoms with E-state index in [0.717, 1.165) is 16.3 Å². The highest BCUT2D eigenvalue weighted by molar-refractivity contribution is 6.31. The number of hydrogen-bond acceptors (Lipinski definition) is 5. The molecule has 4 rings (SSSR count). The Labute approximate surface area is 172 Å². The molecule has 144 valence electrons. The van der Waals surface area contributed by atoms with Gasteiger partial charge in [-0.15, -0.1) is 0 Å². The summed E-state index contributed by atoms with van der Waals surface area (Å²) in [6.45, 7) is 1.91. The van der Waals surface area contributed by atoms with Crippen LogP contribution in [-0.4, -0.2) is 15.9 Å². The van der Waals surface area contributed by atoms with Crippen LogP contribution in [-0.2, 0) is 0 Å². The molecule has 0 aliphatic heterocycles. The number of benzene rings is 3. The summed E-state index contributed by atoms with van der Waals surface area (Å²) in [5.41, 5.74) is 7.73. The van der Waals surface area contributed by atoms with Gasteiger partial charge in [0.15, 0.2) is 0 Å². The minimum absolute atomic E-state index is 0.137. The zero-order valence-electron chi connectivity index (χ0n) is 15.5. The van der Waals surface area contributed by atoms with Crippen LogP contribution in [0.3, 0.4) is 0 Å². The van der Waals surface area contributed by atoms with Crippen LogP contribution in [0.1, 0.15) is 15.9 Å². The maximum absolute atomic E-state index is 12.8. The normalized spacial score (nSPS) is 10.7. The standard InChI is InChI=1S/C22H17ClN4O2/c1-13-5-6-15(12-19(13)23)26-21(28)18-4-2-3-14-11-16(7-8-17(14)18)29-20-9-10-25-22(24)27-20/h2-12H,1H3,(H,26,28)(H2,24,25,27). The number of nitrogens with two attached hydrogens (primary N) is 1. The van der Waals surface area contributed by atoms with Gasteiger partial charge in [0.05, 0.1) is 0 Å². The molecule has 0 unspecified atom stereocenters. The zero-order chi connectivity index (χ0) is 20.4. The van der Waals surface area contributed by atoms with E-state index in [1.54, 1.807) is 24.3 Å². The molecule has 29 heavy (non-hydrogen) atoms. The highest BCUT2D eigenvalue weighted by Crippen LogP contribution is 2.28. The van der Waals surface area contributed by atoms with Gasteiger partial charge >= 0.3 is 0 Å². The number of halogens is 1. The van der Waals surface area contributed by atoms with E-state index in [0.29, 0.717) is 27.9 Å². The lowest BCUT2D eigenvalue weighted by atomic mass is 10.0. The summed E-state index contributed by atoms with van der Waals surface area (Å²) in [6.07, 6.45) is 1.53. The van der Waals surface area contributed by atoms with Gasteiger partial charge in [0.2, 0.25) is 11.8 Å². The molecule has 7 heteroatoms. The first kappa shape index (κ1) is 18.7. The quantitative estimate of drug-likeness (QED) is 0.486. The molecule has 0 fully saturated rings. The second-order valence-electron chi connectivity index (χ2n) is 6.46. The number of hydrogen-bond donors (Lipinski definition) is 2. The maximum atomic E-state index is 12.8. The summed E-state index contributed by atoms with van der Waals surface area (Å²) in [6, 6.07) is 18.0. The van der Waals surface area contributed by atoms with Crippen LogP contribution in [0.25, 0.3) is 10.8 Å².